The zero-order valence-electron chi connectivity index (χ0n) is 7.57. The van der Waals surface area contributed by atoms with Crippen molar-refractivity contribution >= 4 is 45.3 Å². The molecule has 0 radical (unpaired) electrons. The predicted molar refractivity (Wildman–Crippen MR) is 65.8 cm³/mol. The van der Waals surface area contributed by atoms with Crippen molar-refractivity contribution in [3.63, 3.8) is 0 Å². The maximum Gasteiger partial charge on any atom is 0.335 e. The van der Waals surface area contributed by atoms with E-state index in [4.69, 9.17) is 10.8 Å². The number of benzene rings is 1. The van der Waals surface area contributed by atoms with Crippen molar-refractivity contribution < 1.29 is 9.90 Å². The third-order valence-corrected chi connectivity index (χ3v) is 2.91. The summed E-state index contributed by atoms with van der Waals surface area (Å²) in [6.07, 6.45) is 0. The van der Waals surface area contributed by atoms with E-state index in [-0.39, 0.29) is 5.56 Å². The number of aromatic carboxylic acids is 1. The number of pyridine rings is 1. The lowest BCUT2D eigenvalue weighted by Gasteiger charge is -2.02. The lowest BCUT2D eigenvalue weighted by Crippen LogP contribution is -1.98. The van der Waals surface area contributed by atoms with Crippen molar-refractivity contribution in [3.05, 3.63) is 33.4 Å². The molecule has 1 heterocycles. The number of anilines is 1. The monoisotopic (exact) mass is 314 g/mol. The molecule has 0 unspecified atom stereocenters. The van der Waals surface area contributed by atoms with Crippen LogP contribution in [0, 0.1) is 3.57 Å². The average Bonchev–Trinajstić information content (AvgIpc) is 2.19. The number of hydrogen-bond acceptors (Lipinski definition) is 3. The van der Waals surface area contributed by atoms with E-state index in [1.54, 1.807) is 12.1 Å². The molecular formula is C10H7IN2O2. The number of hydrogen-bond donors (Lipinski definition) is 2. The Labute approximate surface area is 99.3 Å². The molecule has 0 bridgehead atoms. The molecule has 2 rings (SSSR count). The minimum absolute atomic E-state index is 0.255. The zero-order valence-corrected chi connectivity index (χ0v) is 9.72. The lowest BCUT2D eigenvalue weighted by atomic mass is 10.1. The van der Waals surface area contributed by atoms with E-state index < -0.39 is 5.97 Å². The average molecular weight is 314 g/mol. The van der Waals surface area contributed by atoms with Crippen molar-refractivity contribution in [1.82, 2.24) is 4.98 Å². The van der Waals surface area contributed by atoms with E-state index >= 15 is 0 Å². The number of carboxylic acid groups (broad SMARTS) is 1. The minimum atomic E-state index is -0.941. The number of nitrogens with zero attached hydrogens (tertiary/aromatic N) is 1. The minimum Gasteiger partial charge on any atom is -0.478 e. The van der Waals surface area contributed by atoms with Gasteiger partial charge in [-0.15, -0.1) is 0 Å². The number of nitrogen functional groups attached to an aromatic ring is 1. The number of halogens is 1. The van der Waals surface area contributed by atoms with Gasteiger partial charge in [-0.2, -0.15) is 0 Å². The summed E-state index contributed by atoms with van der Waals surface area (Å²) in [5, 5.41) is 9.61. The molecular weight excluding hydrogens is 307 g/mol. The van der Waals surface area contributed by atoms with Gasteiger partial charge in [-0.05, 0) is 46.9 Å². The highest BCUT2D eigenvalue weighted by atomic mass is 127. The van der Waals surface area contributed by atoms with E-state index in [0.29, 0.717) is 11.3 Å². The smallest absolute Gasteiger partial charge is 0.335 e. The van der Waals surface area contributed by atoms with Crippen LogP contribution in [0.5, 0.6) is 0 Å². The van der Waals surface area contributed by atoms with Crippen LogP contribution in [0.2, 0.25) is 0 Å². The molecule has 3 N–H and O–H groups in total. The zero-order chi connectivity index (χ0) is 11.0. The standard InChI is InChI=1S/C10H7IN2O2/c11-7-4-6-3-5(10(14)15)1-2-8(6)13-9(7)12/h1-4H,(H2,12,13)(H,14,15). The molecule has 4 nitrogen and oxygen atoms in total. The third-order valence-electron chi connectivity index (χ3n) is 2.04. The second kappa shape index (κ2) is 3.65. The Morgan fingerprint density at radius 2 is 2.13 bits per heavy atom. The van der Waals surface area contributed by atoms with Crippen LogP contribution < -0.4 is 5.73 Å². The molecule has 2 aromatic rings. The third kappa shape index (κ3) is 1.87. The summed E-state index contributed by atoms with van der Waals surface area (Å²) in [7, 11) is 0. The molecule has 0 saturated carbocycles. The summed E-state index contributed by atoms with van der Waals surface area (Å²) >= 11 is 2.07. The molecule has 0 fully saturated rings. The highest BCUT2D eigenvalue weighted by Crippen LogP contribution is 2.20. The fraction of sp³-hybridized carbons (Fsp3) is 0. The van der Waals surface area contributed by atoms with Gasteiger partial charge < -0.3 is 10.8 Å². The van der Waals surface area contributed by atoms with Gasteiger partial charge in [0.25, 0.3) is 0 Å². The van der Waals surface area contributed by atoms with Crippen LogP contribution in [0.15, 0.2) is 24.3 Å². The molecule has 1 aromatic carbocycles. The first-order valence-electron chi connectivity index (χ1n) is 4.17. The molecule has 15 heavy (non-hydrogen) atoms. The molecule has 5 heteroatoms. The van der Waals surface area contributed by atoms with Crippen molar-refractivity contribution in [2.75, 3.05) is 5.73 Å². The number of carboxylic acids is 1. The van der Waals surface area contributed by atoms with Crippen molar-refractivity contribution in [3.8, 4) is 0 Å². The summed E-state index contributed by atoms with van der Waals surface area (Å²) in [4.78, 5) is 14.9. The van der Waals surface area contributed by atoms with Crippen molar-refractivity contribution in [2.45, 2.75) is 0 Å². The van der Waals surface area contributed by atoms with Gasteiger partial charge in [0.1, 0.15) is 5.82 Å². The Morgan fingerprint density at radius 1 is 1.40 bits per heavy atom. The first kappa shape index (κ1) is 10.2. The molecule has 1 aromatic heterocycles. The molecule has 0 aliphatic heterocycles. The van der Waals surface area contributed by atoms with Crippen LogP contribution in [-0.2, 0) is 0 Å². The van der Waals surface area contributed by atoms with Gasteiger partial charge in [0.05, 0.1) is 14.7 Å². The van der Waals surface area contributed by atoms with E-state index in [1.807, 2.05) is 6.07 Å². The fourth-order valence-corrected chi connectivity index (χ4v) is 1.75. The first-order valence-corrected chi connectivity index (χ1v) is 5.25. The number of carbonyl (C=O) groups is 1. The van der Waals surface area contributed by atoms with Crippen LogP contribution in [0.4, 0.5) is 5.82 Å². The van der Waals surface area contributed by atoms with Crippen LogP contribution in [0.3, 0.4) is 0 Å². The fourth-order valence-electron chi connectivity index (χ4n) is 1.30. The largest absolute Gasteiger partial charge is 0.478 e. The number of nitrogens with two attached hydrogens (primary N) is 1. The summed E-state index contributed by atoms with van der Waals surface area (Å²) in [6, 6.07) is 6.59. The van der Waals surface area contributed by atoms with Crippen LogP contribution in [-0.4, -0.2) is 16.1 Å². The number of aromatic nitrogens is 1. The molecule has 0 spiro atoms. The normalized spacial score (nSPS) is 10.5. The van der Waals surface area contributed by atoms with E-state index in [2.05, 4.69) is 27.6 Å². The SMILES string of the molecule is Nc1nc2ccc(C(=O)O)cc2cc1I. The first-order chi connectivity index (χ1) is 7.08. The van der Waals surface area contributed by atoms with Gasteiger partial charge in [-0.1, -0.05) is 0 Å². The maximum atomic E-state index is 10.7. The molecule has 0 aliphatic rings. The van der Waals surface area contributed by atoms with Crippen LogP contribution in [0.25, 0.3) is 10.9 Å². The second-order valence-electron chi connectivity index (χ2n) is 3.07. The second-order valence-corrected chi connectivity index (χ2v) is 4.23. The summed E-state index contributed by atoms with van der Waals surface area (Å²) in [5.74, 6) is -0.477. The Morgan fingerprint density at radius 3 is 2.80 bits per heavy atom. The Kier molecular flexibility index (Phi) is 2.47. The molecule has 76 valence electrons. The predicted octanol–water partition coefficient (Wildman–Crippen LogP) is 2.12. The Balaban J connectivity index is 2.72. The van der Waals surface area contributed by atoms with Gasteiger partial charge in [0.15, 0.2) is 0 Å². The van der Waals surface area contributed by atoms with E-state index in [1.165, 1.54) is 6.07 Å². The maximum absolute atomic E-state index is 10.7. The van der Waals surface area contributed by atoms with Crippen LogP contribution >= 0.6 is 22.6 Å². The van der Waals surface area contributed by atoms with Gasteiger partial charge in [-0.25, -0.2) is 9.78 Å². The van der Waals surface area contributed by atoms with E-state index in [0.717, 1.165) is 8.96 Å². The molecule has 0 aliphatic carbocycles. The quantitative estimate of drug-likeness (QED) is 0.791. The van der Waals surface area contributed by atoms with Gasteiger partial charge >= 0.3 is 5.97 Å². The lowest BCUT2D eigenvalue weighted by molar-refractivity contribution is 0.0697. The van der Waals surface area contributed by atoms with Gasteiger partial charge in [-0.3, -0.25) is 0 Å². The summed E-state index contributed by atoms with van der Waals surface area (Å²) in [5.41, 5.74) is 6.61. The van der Waals surface area contributed by atoms with Crippen molar-refractivity contribution in [2.24, 2.45) is 0 Å². The summed E-state index contributed by atoms with van der Waals surface area (Å²) in [6.45, 7) is 0. The number of fused-ring (bicyclic) bond motifs is 1. The van der Waals surface area contributed by atoms with Crippen LogP contribution in [0.1, 0.15) is 10.4 Å². The Hall–Kier alpha value is -1.37. The molecule has 0 atom stereocenters. The Bertz CT molecular complexity index is 554. The number of rotatable bonds is 1. The molecule has 0 saturated heterocycles. The summed E-state index contributed by atoms with van der Waals surface area (Å²) < 4.78 is 0.822. The van der Waals surface area contributed by atoms with Crippen molar-refractivity contribution in [1.29, 1.82) is 0 Å². The highest BCUT2D eigenvalue weighted by Gasteiger charge is 2.06. The highest BCUT2D eigenvalue weighted by molar-refractivity contribution is 14.1. The van der Waals surface area contributed by atoms with Gasteiger partial charge in [0.2, 0.25) is 0 Å². The van der Waals surface area contributed by atoms with Gasteiger partial charge in [0, 0.05) is 5.39 Å². The molecule has 0 amide bonds. The van der Waals surface area contributed by atoms with E-state index in [9.17, 15) is 4.79 Å². The topological polar surface area (TPSA) is 76.2 Å².